The van der Waals surface area contributed by atoms with Gasteiger partial charge in [-0.05, 0) is 6.07 Å². The molecule has 0 unspecified atom stereocenters. The molecule has 0 amide bonds. The average Bonchev–Trinajstić information content (AvgIpc) is 2.16. The number of hydrogen-bond acceptors (Lipinski definition) is 5. The Labute approximate surface area is 92.2 Å². The third-order valence-electron chi connectivity index (χ3n) is 1.78. The lowest BCUT2D eigenvalue weighted by atomic mass is 10.3. The summed E-state index contributed by atoms with van der Waals surface area (Å²) in [5.74, 6) is 0.423. The number of anilines is 1. The molecule has 0 aliphatic heterocycles. The molecule has 0 saturated heterocycles. The van der Waals surface area contributed by atoms with Crippen molar-refractivity contribution >= 4 is 25.4 Å². The Morgan fingerprint density at radius 1 is 1.20 bits per heavy atom. The largest absolute Gasteiger partial charge is 0.495 e. The Hall–Kier alpha value is -1.14. The van der Waals surface area contributed by atoms with Crippen LogP contribution >= 0.6 is 10.7 Å². The zero-order valence-corrected chi connectivity index (χ0v) is 9.72. The molecule has 0 bridgehead atoms. The lowest BCUT2D eigenvalue weighted by molar-refractivity contribution is 0.387. The van der Waals surface area contributed by atoms with Gasteiger partial charge in [0.15, 0.2) is 0 Å². The van der Waals surface area contributed by atoms with Gasteiger partial charge in [-0.3, -0.25) is 0 Å². The van der Waals surface area contributed by atoms with Gasteiger partial charge >= 0.3 is 0 Å². The Morgan fingerprint density at radius 3 is 2.13 bits per heavy atom. The highest BCUT2D eigenvalue weighted by Gasteiger charge is 2.19. The van der Waals surface area contributed by atoms with Crippen LogP contribution in [0.5, 0.6) is 11.5 Å². The fraction of sp³-hybridized carbons (Fsp3) is 0.250. The van der Waals surface area contributed by atoms with Gasteiger partial charge in [-0.15, -0.1) is 0 Å². The first-order chi connectivity index (χ1) is 6.90. The van der Waals surface area contributed by atoms with E-state index in [9.17, 15) is 8.42 Å². The van der Waals surface area contributed by atoms with E-state index in [1.54, 1.807) is 0 Å². The molecule has 1 aromatic carbocycles. The van der Waals surface area contributed by atoms with E-state index in [1.165, 1.54) is 26.4 Å². The molecular formula is C8H10ClNO4S. The van der Waals surface area contributed by atoms with Crippen molar-refractivity contribution in [2.75, 3.05) is 20.0 Å². The molecule has 2 N–H and O–H groups in total. The number of ether oxygens (including phenoxy) is 2. The van der Waals surface area contributed by atoms with Crippen LogP contribution in [0.1, 0.15) is 0 Å². The van der Waals surface area contributed by atoms with Crippen molar-refractivity contribution in [1.82, 2.24) is 0 Å². The van der Waals surface area contributed by atoms with E-state index in [1.807, 2.05) is 0 Å². The Balaban J connectivity index is 3.48. The van der Waals surface area contributed by atoms with Gasteiger partial charge in [0.1, 0.15) is 16.4 Å². The second-order valence-corrected chi connectivity index (χ2v) is 5.22. The predicted octanol–water partition coefficient (Wildman–Crippen LogP) is 1.21. The number of benzene rings is 1. The third kappa shape index (κ3) is 2.45. The maximum atomic E-state index is 11.2. The highest BCUT2D eigenvalue weighted by atomic mass is 35.7. The topological polar surface area (TPSA) is 78.6 Å². The van der Waals surface area contributed by atoms with Gasteiger partial charge in [0, 0.05) is 16.7 Å². The summed E-state index contributed by atoms with van der Waals surface area (Å²) in [5, 5.41) is 0. The van der Waals surface area contributed by atoms with Crippen molar-refractivity contribution in [2.45, 2.75) is 4.90 Å². The first-order valence-corrected chi connectivity index (χ1v) is 6.17. The molecule has 5 nitrogen and oxygen atoms in total. The number of nitrogens with two attached hydrogens (primary N) is 1. The molecule has 0 fully saturated rings. The minimum atomic E-state index is -3.88. The maximum Gasteiger partial charge on any atom is 0.265 e. The van der Waals surface area contributed by atoms with E-state index < -0.39 is 9.05 Å². The molecule has 0 radical (unpaired) electrons. The summed E-state index contributed by atoms with van der Waals surface area (Å²) in [6.07, 6.45) is 0. The van der Waals surface area contributed by atoms with Gasteiger partial charge in [-0.1, -0.05) is 0 Å². The molecule has 0 saturated carbocycles. The van der Waals surface area contributed by atoms with Gasteiger partial charge in [0.25, 0.3) is 9.05 Å². The Bertz CT molecular complexity index is 472. The van der Waals surface area contributed by atoms with Crippen LogP contribution in [-0.4, -0.2) is 22.6 Å². The highest BCUT2D eigenvalue weighted by molar-refractivity contribution is 8.13. The average molecular weight is 252 g/mol. The quantitative estimate of drug-likeness (QED) is 0.645. The predicted molar refractivity (Wildman–Crippen MR) is 57.0 cm³/mol. The molecule has 0 aliphatic carbocycles. The smallest absolute Gasteiger partial charge is 0.265 e. The SMILES string of the molecule is COc1cc(OC)c(S(=O)(=O)Cl)cc1N. The number of rotatable bonds is 3. The van der Waals surface area contributed by atoms with Crippen LogP contribution in [0.15, 0.2) is 17.0 Å². The number of nitrogen functional groups attached to an aromatic ring is 1. The monoisotopic (exact) mass is 251 g/mol. The number of halogens is 1. The highest BCUT2D eigenvalue weighted by Crippen LogP contribution is 2.35. The maximum absolute atomic E-state index is 11.2. The molecule has 0 spiro atoms. The van der Waals surface area contributed by atoms with E-state index in [0.29, 0.717) is 5.75 Å². The molecule has 1 rings (SSSR count). The summed E-state index contributed by atoms with van der Waals surface area (Å²) in [6, 6.07) is 2.56. The minimum absolute atomic E-state index is 0.0936. The molecule has 0 atom stereocenters. The van der Waals surface area contributed by atoms with Gasteiger partial charge < -0.3 is 15.2 Å². The summed E-state index contributed by atoms with van der Waals surface area (Å²) < 4.78 is 32.1. The normalized spacial score (nSPS) is 11.1. The van der Waals surface area contributed by atoms with E-state index in [4.69, 9.17) is 25.9 Å². The van der Waals surface area contributed by atoms with Crippen LogP contribution in [0.3, 0.4) is 0 Å². The van der Waals surface area contributed by atoms with Crippen molar-refractivity contribution in [2.24, 2.45) is 0 Å². The van der Waals surface area contributed by atoms with Crippen LogP contribution in [0.2, 0.25) is 0 Å². The lowest BCUT2D eigenvalue weighted by Crippen LogP contribution is -2.00. The Kier molecular flexibility index (Phi) is 3.31. The van der Waals surface area contributed by atoms with Crippen molar-refractivity contribution in [3.8, 4) is 11.5 Å². The van der Waals surface area contributed by atoms with E-state index in [0.717, 1.165) is 0 Å². The second kappa shape index (κ2) is 4.16. The first-order valence-electron chi connectivity index (χ1n) is 3.86. The molecule has 7 heteroatoms. The molecule has 0 aromatic heterocycles. The molecule has 84 valence electrons. The fourth-order valence-electron chi connectivity index (χ4n) is 1.08. The number of hydrogen-bond donors (Lipinski definition) is 1. The fourth-order valence-corrected chi connectivity index (χ4v) is 2.10. The second-order valence-electron chi connectivity index (χ2n) is 2.68. The van der Waals surface area contributed by atoms with Gasteiger partial charge in [-0.2, -0.15) is 0 Å². The summed E-state index contributed by atoms with van der Waals surface area (Å²) in [6.45, 7) is 0. The minimum Gasteiger partial charge on any atom is -0.495 e. The zero-order valence-electron chi connectivity index (χ0n) is 8.15. The summed E-state index contributed by atoms with van der Waals surface area (Å²) in [7, 11) is 4.07. The molecule has 0 heterocycles. The summed E-state index contributed by atoms with van der Waals surface area (Å²) in [5.41, 5.74) is 5.73. The van der Waals surface area contributed by atoms with Gasteiger partial charge in [0.05, 0.1) is 19.9 Å². The van der Waals surface area contributed by atoms with E-state index in [2.05, 4.69) is 0 Å². The van der Waals surface area contributed by atoms with Crippen LogP contribution in [0, 0.1) is 0 Å². The van der Waals surface area contributed by atoms with Crippen LogP contribution < -0.4 is 15.2 Å². The molecule has 15 heavy (non-hydrogen) atoms. The van der Waals surface area contributed by atoms with E-state index >= 15 is 0 Å². The van der Waals surface area contributed by atoms with Gasteiger partial charge in [-0.25, -0.2) is 8.42 Å². The van der Waals surface area contributed by atoms with Crippen molar-refractivity contribution in [3.63, 3.8) is 0 Å². The van der Waals surface area contributed by atoms with E-state index in [-0.39, 0.29) is 16.3 Å². The standard InChI is InChI=1S/C8H10ClNO4S/c1-13-6-4-7(14-2)8(3-5(6)10)15(9,11)12/h3-4H,10H2,1-2H3. The van der Waals surface area contributed by atoms with Gasteiger partial charge in [0.2, 0.25) is 0 Å². The van der Waals surface area contributed by atoms with Crippen LogP contribution in [0.4, 0.5) is 5.69 Å². The molecular weight excluding hydrogens is 242 g/mol. The summed E-state index contributed by atoms with van der Waals surface area (Å²) >= 11 is 0. The van der Waals surface area contributed by atoms with Crippen molar-refractivity contribution in [1.29, 1.82) is 0 Å². The van der Waals surface area contributed by atoms with Crippen molar-refractivity contribution in [3.05, 3.63) is 12.1 Å². The van der Waals surface area contributed by atoms with Crippen LogP contribution in [0.25, 0.3) is 0 Å². The third-order valence-corrected chi connectivity index (χ3v) is 3.12. The first kappa shape index (κ1) is 11.9. The Morgan fingerprint density at radius 2 is 1.73 bits per heavy atom. The zero-order chi connectivity index (χ0) is 11.6. The van der Waals surface area contributed by atoms with Crippen LogP contribution in [-0.2, 0) is 9.05 Å². The number of methoxy groups -OCH3 is 2. The molecule has 0 aliphatic rings. The lowest BCUT2D eigenvalue weighted by Gasteiger charge is -2.10. The molecule has 1 aromatic rings. The summed E-state index contributed by atoms with van der Waals surface area (Å²) in [4.78, 5) is -0.176. The van der Waals surface area contributed by atoms with Crippen molar-refractivity contribution < 1.29 is 17.9 Å².